The molecular weight excluding hydrogens is 252 g/mol. The normalized spacial score (nSPS) is 24.1. The number of hydrogen-bond donors (Lipinski definition) is 0. The summed E-state index contributed by atoms with van der Waals surface area (Å²) in [6, 6.07) is 0. The highest BCUT2D eigenvalue weighted by Gasteiger charge is 2.53. The molecule has 1 spiro atoms. The Morgan fingerprint density at radius 3 is 2.85 bits per heavy atom. The van der Waals surface area contributed by atoms with E-state index in [1.54, 1.807) is 0 Å². The minimum absolute atomic E-state index is 0.281. The minimum Gasteiger partial charge on any atom is -0.341 e. The van der Waals surface area contributed by atoms with Crippen LogP contribution in [0.3, 0.4) is 0 Å². The Morgan fingerprint density at radius 1 is 1.45 bits per heavy atom. The van der Waals surface area contributed by atoms with Crippen LogP contribution in [0.25, 0.3) is 0 Å². The molecule has 5 heteroatoms. The van der Waals surface area contributed by atoms with Gasteiger partial charge >= 0.3 is 0 Å². The second-order valence-electron chi connectivity index (χ2n) is 6.27. The molecule has 2 aliphatic rings. The Morgan fingerprint density at radius 2 is 2.25 bits per heavy atom. The van der Waals surface area contributed by atoms with Gasteiger partial charge in [0, 0.05) is 32.0 Å². The van der Waals surface area contributed by atoms with E-state index < -0.39 is 0 Å². The first-order chi connectivity index (χ1) is 9.70. The van der Waals surface area contributed by atoms with Gasteiger partial charge in [-0.25, -0.2) is 0 Å². The first-order valence-electron chi connectivity index (χ1n) is 7.85. The highest BCUT2D eigenvalue weighted by molar-refractivity contribution is 5.76. The number of likely N-dealkylation sites (tertiary alicyclic amines) is 1. The molecule has 0 bridgehead atoms. The number of aromatic nitrogens is 3. The summed E-state index contributed by atoms with van der Waals surface area (Å²) >= 11 is 0. The Kier molecular flexibility index (Phi) is 3.52. The van der Waals surface area contributed by atoms with Gasteiger partial charge in [-0.1, -0.05) is 13.3 Å². The van der Waals surface area contributed by atoms with Crippen molar-refractivity contribution in [2.24, 2.45) is 5.41 Å². The summed E-state index contributed by atoms with van der Waals surface area (Å²) in [5.74, 6) is 1.77. The van der Waals surface area contributed by atoms with Gasteiger partial charge in [-0.15, -0.1) is 10.2 Å². The SMILES string of the molecule is CCCC(=O)N1CC(c2nncn2CC)C2(CCC2)C1. The fraction of sp³-hybridized carbons (Fsp3) is 0.800. The van der Waals surface area contributed by atoms with E-state index in [0.29, 0.717) is 18.2 Å². The Hall–Kier alpha value is -1.39. The highest BCUT2D eigenvalue weighted by atomic mass is 16.2. The van der Waals surface area contributed by atoms with Crippen molar-refractivity contribution >= 4 is 5.91 Å². The monoisotopic (exact) mass is 276 g/mol. The van der Waals surface area contributed by atoms with Crippen molar-refractivity contribution in [3.05, 3.63) is 12.2 Å². The smallest absolute Gasteiger partial charge is 0.222 e. The molecule has 0 radical (unpaired) electrons. The van der Waals surface area contributed by atoms with Gasteiger partial charge in [0.1, 0.15) is 12.2 Å². The molecule has 1 aliphatic heterocycles. The average molecular weight is 276 g/mol. The fourth-order valence-corrected chi connectivity index (χ4v) is 3.80. The lowest BCUT2D eigenvalue weighted by Crippen LogP contribution is -2.38. The largest absolute Gasteiger partial charge is 0.341 e. The molecule has 1 atom stereocenters. The molecular formula is C15H24N4O. The van der Waals surface area contributed by atoms with Crippen LogP contribution in [0.5, 0.6) is 0 Å². The Bertz CT molecular complexity index is 492. The standard InChI is InChI=1S/C15H24N4O/c1-3-6-13(20)19-9-12(15(10-19)7-5-8-15)14-17-16-11-18(14)4-2/h11-12H,3-10H2,1-2H3. The third-order valence-electron chi connectivity index (χ3n) is 5.11. The van der Waals surface area contributed by atoms with Crippen molar-refractivity contribution in [3.8, 4) is 0 Å². The summed E-state index contributed by atoms with van der Waals surface area (Å²) in [7, 11) is 0. The number of rotatable bonds is 4. The molecule has 2 heterocycles. The van der Waals surface area contributed by atoms with Gasteiger partial charge in [0.2, 0.25) is 5.91 Å². The lowest BCUT2D eigenvalue weighted by atomic mass is 9.62. The Balaban J connectivity index is 1.84. The fourth-order valence-electron chi connectivity index (χ4n) is 3.80. The van der Waals surface area contributed by atoms with Crippen LogP contribution in [0.2, 0.25) is 0 Å². The molecule has 3 rings (SSSR count). The van der Waals surface area contributed by atoms with E-state index in [-0.39, 0.29) is 5.41 Å². The summed E-state index contributed by atoms with van der Waals surface area (Å²) in [6.45, 7) is 6.84. The molecule has 2 fully saturated rings. The van der Waals surface area contributed by atoms with Crippen molar-refractivity contribution in [2.75, 3.05) is 13.1 Å². The van der Waals surface area contributed by atoms with E-state index in [1.807, 2.05) is 6.33 Å². The molecule has 110 valence electrons. The summed E-state index contributed by atoms with van der Waals surface area (Å²) < 4.78 is 2.14. The maximum absolute atomic E-state index is 12.2. The first kappa shape index (κ1) is 13.6. The lowest BCUT2D eigenvalue weighted by Gasteiger charge is -2.42. The zero-order valence-electron chi connectivity index (χ0n) is 12.5. The van der Waals surface area contributed by atoms with Crippen molar-refractivity contribution in [1.29, 1.82) is 0 Å². The van der Waals surface area contributed by atoms with E-state index in [9.17, 15) is 4.79 Å². The zero-order chi connectivity index (χ0) is 14.2. The van der Waals surface area contributed by atoms with E-state index in [4.69, 9.17) is 0 Å². The summed E-state index contributed by atoms with van der Waals surface area (Å²) in [5, 5.41) is 8.44. The van der Waals surface area contributed by atoms with Gasteiger partial charge < -0.3 is 9.47 Å². The molecule has 1 amide bonds. The maximum Gasteiger partial charge on any atom is 0.222 e. The third-order valence-corrected chi connectivity index (χ3v) is 5.11. The first-order valence-corrected chi connectivity index (χ1v) is 7.85. The van der Waals surface area contributed by atoms with E-state index in [1.165, 1.54) is 19.3 Å². The average Bonchev–Trinajstić information content (AvgIpc) is 3.01. The second kappa shape index (κ2) is 5.19. The molecule has 1 aromatic heterocycles. The van der Waals surface area contributed by atoms with Gasteiger partial charge in [0.25, 0.3) is 0 Å². The van der Waals surface area contributed by atoms with Gasteiger partial charge in [0.15, 0.2) is 0 Å². The predicted molar refractivity (Wildman–Crippen MR) is 76.2 cm³/mol. The molecule has 1 saturated carbocycles. The molecule has 1 aliphatic carbocycles. The summed E-state index contributed by atoms with van der Waals surface area (Å²) in [5.41, 5.74) is 0.281. The molecule has 0 aromatic carbocycles. The van der Waals surface area contributed by atoms with Crippen LogP contribution in [0, 0.1) is 5.41 Å². The number of amides is 1. The number of hydrogen-bond acceptors (Lipinski definition) is 3. The van der Waals surface area contributed by atoms with E-state index in [0.717, 1.165) is 31.9 Å². The van der Waals surface area contributed by atoms with Gasteiger partial charge in [-0.2, -0.15) is 0 Å². The summed E-state index contributed by atoms with van der Waals surface area (Å²) in [4.78, 5) is 14.3. The predicted octanol–water partition coefficient (Wildman–Crippen LogP) is 2.19. The van der Waals surface area contributed by atoms with Crippen molar-refractivity contribution in [1.82, 2.24) is 19.7 Å². The lowest BCUT2D eigenvalue weighted by molar-refractivity contribution is -0.130. The third kappa shape index (κ3) is 2.03. The second-order valence-corrected chi connectivity index (χ2v) is 6.27. The molecule has 20 heavy (non-hydrogen) atoms. The van der Waals surface area contributed by atoms with Crippen LogP contribution in [0.15, 0.2) is 6.33 Å². The minimum atomic E-state index is 0.281. The Labute approximate surface area is 120 Å². The zero-order valence-corrected chi connectivity index (χ0v) is 12.5. The highest BCUT2D eigenvalue weighted by Crippen LogP contribution is 2.55. The molecule has 5 nitrogen and oxygen atoms in total. The van der Waals surface area contributed by atoms with Crippen molar-refractivity contribution < 1.29 is 4.79 Å². The van der Waals surface area contributed by atoms with Crippen LogP contribution in [0.1, 0.15) is 57.7 Å². The van der Waals surface area contributed by atoms with Crippen LogP contribution >= 0.6 is 0 Å². The van der Waals surface area contributed by atoms with Crippen LogP contribution < -0.4 is 0 Å². The van der Waals surface area contributed by atoms with Crippen LogP contribution in [-0.2, 0) is 11.3 Å². The van der Waals surface area contributed by atoms with Crippen molar-refractivity contribution in [3.63, 3.8) is 0 Å². The number of nitrogens with zero attached hydrogens (tertiary/aromatic N) is 4. The maximum atomic E-state index is 12.2. The van der Waals surface area contributed by atoms with Gasteiger partial charge in [0.05, 0.1) is 0 Å². The number of aryl methyl sites for hydroxylation is 1. The van der Waals surface area contributed by atoms with E-state index in [2.05, 4.69) is 33.5 Å². The van der Waals surface area contributed by atoms with E-state index >= 15 is 0 Å². The number of carbonyl (C=O) groups is 1. The van der Waals surface area contributed by atoms with Gasteiger partial charge in [-0.05, 0) is 31.6 Å². The van der Waals surface area contributed by atoms with Crippen LogP contribution in [0.4, 0.5) is 0 Å². The summed E-state index contributed by atoms with van der Waals surface area (Å²) in [6.07, 6.45) is 7.15. The molecule has 1 aromatic rings. The van der Waals surface area contributed by atoms with Crippen molar-refractivity contribution in [2.45, 2.75) is 58.4 Å². The molecule has 1 saturated heterocycles. The topological polar surface area (TPSA) is 51.0 Å². The quantitative estimate of drug-likeness (QED) is 0.847. The molecule has 0 N–H and O–H groups in total. The number of carbonyl (C=O) groups excluding carboxylic acids is 1. The molecule has 1 unspecified atom stereocenters. The van der Waals surface area contributed by atoms with Crippen LogP contribution in [-0.4, -0.2) is 38.7 Å². The van der Waals surface area contributed by atoms with Gasteiger partial charge in [-0.3, -0.25) is 4.79 Å².